The van der Waals surface area contributed by atoms with E-state index in [0.717, 1.165) is 146 Å². The van der Waals surface area contributed by atoms with Crippen LogP contribution in [0.5, 0.6) is 11.5 Å². The first-order valence-corrected chi connectivity index (χ1v) is 34.8. The molecular formula is C84H83N9O3. The van der Waals surface area contributed by atoms with Crippen LogP contribution in [0.3, 0.4) is 0 Å². The molecule has 0 saturated heterocycles. The molecule has 5 aliphatic heterocycles. The van der Waals surface area contributed by atoms with E-state index < -0.39 is 0 Å². The van der Waals surface area contributed by atoms with Crippen LogP contribution in [0.2, 0.25) is 0 Å². The summed E-state index contributed by atoms with van der Waals surface area (Å²) in [7, 11) is 0. The van der Waals surface area contributed by atoms with Gasteiger partial charge in [-0.2, -0.15) is 0 Å². The zero-order chi connectivity index (χ0) is 66.1. The third-order valence-corrected chi connectivity index (χ3v) is 20.8. The molecule has 0 spiro atoms. The second-order valence-electron chi connectivity index (χ2n) is 29.4. The van der Waals surface area contributed by atoms with Gasteiger partial charge in [-0.15, -0.1) is 0 Å². The predicted molar refractivity (Wildman–Crippen MR) is 394 cm³/mol. The van der Waals surface area contributed by atoms with Crippen LogP contribution < -0.4 is 14.9 Å². The number of hydrogen-bond acceptors (Lipinski definition) is 9. The van der Waals surface area contributed by atoms with E-state index >= 15 is 0 Å². The molecule has 0 amide bonds. The van der Waals surface area contributed by atoms with Gasteiger partial charge in [0.1, 0.15) is 42.2 Å². The molecule has 8 aromatic carbocycles. The highest BCUT2D eigenvalue weighted by Gasteiger charge is 2.33. The maximum absolute atomic E-state index is 13.6. The summed E-state index contributed by atoms with van der Waals surface area (Å²) in [5, 5.41) is 5.95. The molecule has 0 bridgehead atoms. The number of H-pyrrole nitrogens is 3. The lowest BCUT2D eigenvalue weighted by molar-refractivity contribution is 0.278. The van der Waals surface area contributed by atoms with Crippen LogP contribution in [0, 0.1) is 17.8 Å². The molecule has 18 rings (SSSR count). The minimum atomic E-state index is 0.108. The lowest BCUT2D eigenvalue weighted by Gasteiger charge is -2.31. The van der Waals surface area contributed by atoms with Crippen LogP contribution in [0.4, 0.5) is 0 Å². The SMILES string of the molecule is CC(C)C1=NC=C(c2cc3c4c(c2)CCc2cc(-c5cnc(C(C)C)[nH]5)cc(c2-4)CC3)C1.CC(C)C1=NC=C(c2cc3c4c(c2)OCc2cc(-c5cnc(C(C)C)[nH]5)cc(c2-4)OC3)C1.CC(C)C1=NC=C(c2cc3ccc4cc(-c5cnc(C(C)C)[nH]5)cc5c(=O)c(c2)c3c45)C1. The maximum atomic E-state index is 13.6. The first-order valence-electron chi connectivity index (χ1n) is 34.8. The number of hydrogen-bond donors (Lipinski definition) is 3. The molecule has 12 heteroatoms. The molecule has 0 unspecified atom stereocenters. The van der Waals surface area contributed by atoms with Gasteiger partial charge in [0.25, 0.3) is 0 Å². The van der Waals surface area contributed by atoms with E-state index in [-0.39, 0.29) is 5.43 Å². The molecule has 482 valence electrons. The summed E-state index contributed by atoms with van der Waals surface area (Å²) in [6.45, 7) is 27.2. The van der Waals surface area contributed by atoms with Crippen molar-refractivity contribution in [2.45, 2.75) is 159 Å². The average Bonchev–Trinajstić information content (AvgIpc) is 1.69. The van der Waals surface area contributed by atoms with E-state index in [1.54, 1.807) is 0 Å². The Morgan fingerprint density at radius 2 is 0.688 bits per heavy atom. The fraction of sp³-hybridized carbons (Fsp3) is 0.321. The van der Waals surface area contributed by atoms with Gasteiger partial charge in [-0.05, 0) is 182 Å². The molecular weight excluding hydrogens is 1180 g/mol. The number of rotatable bonds is 12. The lowest BCUT2D eigenvalue weighted by Crippen LogP contribution is -2.15. The van der Waals surface area contributed by atoms with Crippen LogP contribution in [0.15, 0.2) is 142 Å². The van der Waals surface area contributed by atoms with Crippen molar-refractivity contribution in [1.29, 1.82) is 0 Å². The molecule has 12 nitrogen and oxygen atoms in total. The standard InChI is InChI=1S/C29H31N3.C28H25N3O.C27H27N3O2/c1-16(2)25-13-24(14-30-25)22-9-18-5-7-20-11-23(26-15-31-29(32-26)17(3)4)12-21-8-6-19(10-22)27(18)28(20)21;1-14(2)23-11-20(12-29-23)18-7-16-5-6-17-8-19(24-13-30-28(31-24)15(3)4)10-22-26(17)25(16)21(9-18)27(22)32;1-14(2)21-7-18(10-28-21)16-5-19-12-32-24-9-17(22-11-29-27(30-22)15(3)4)6-20-13-31-23(8-16)25(19)26(20)24/h9-12,14-17H,5-8,13H2,1-4H3,(H,31,32);5-10,12-15H,11H2,1-4H3,(H,30,31);5-6,8-11,14-15H,7,12-13H2,1-4H3,(H,29,30). The summed E-state index contributed by atoms with van der Waals surface area (Å²) in [6.07, 6.45) is 19.1. The van der Waals surface area contributed by atoms with Gasteiger partial charge in [-0.1, -0.05) is 107 Å². The van der Waals surface area contributed by atoms with Crippen molar-refractivity contribution in [2.24, 2.45) is 32.7 Å². The highest BCUT2D eigenvalue weighted by atomic mass is 16.5. The van der Waals surface area contributed by atoms with Crippen molar-refractivity contribution >= 4 is 66.2 Å². The lowest BCUT2D eigenvalue weighted by atomic mass is 9.73. The monoisotopic (exact) mass is 1270 g/mol. The van der Waals surface area contributed by atoms with Gasteiger partial charge < -0.3 is 24.4 Å². The molecule has 0 atom stereocenters. The van der Waals surface area contributed by atoms with Crippen LogP contribution in [-0.4, -0.2) is 47.0 Å². The Hall–Kier alpha value is -9.81. The Bertz CT molecular complexity index is 4960. The summed E-state index contributed by atoms with van der Waals surface area (Å²) >= 11 is 0. The van der Waals surface area contributed by atoms with E-state index in [2.05, 4.69) is 208 Å². The van der Waals surface area contributed by atoms with Crippen molar-refractivity contribution in [3.63, 3.8) is 0 Å². The average molecular weight is 1270 g/mol. The van der Waals surface area contributed by atoms with Gasteiger partial charge in [0, 0.05) is 133 Å². The molecule has 0 saturated carbocycles. The Balaban J connectivity index is 0.000000113. The summed E-state index contributed by atoms with van der Waals surface area (Å²) in [5.41, 5.74) is 31.6. The summed E-state index contributed by atoms with van der Waals surface area (Å²) in [5.74, 6) is 7.42. The number of allylic oxidation sites excluding steroid dienone is 3. The van der Waals surface area contributed by atoms with Crippen molar-refractivity contribution in [2.75, 3.05) is 0 Å². The molecule has 3 aromatic heterocycles. The summed E-state index contributed by atoms with van der Waals surface area (Å²) in [4.78, 5) is 51.6. The Kier molecular flexibility index (Phi) is 15.2. The number of nitrogens with zero attached hydrogens (tertiary/aromatic N) is 6. The fourth-order valence-corrected chi connectivity index (χ4v) is 15.3. The number of aliphatic imine (C=N–C) groups is 3. The van der Waals surface area contributed by atoms with E-state index in [1.807, 2.05) is 37.1 Å². The number of benzene rings is 7. The highest BCUT2D eigenvalue weighted by molar-refractivity contribution is 6.27. The molecule has 3 N–H and O–H groups in total. The molecule has 2 aliphatic carbocycles. The normalized spacial score (nSPS) is 15.6. The number of ether oxygens (including phenoxy) is 2. The third kappa shape index (κ3) is 10.7. The Labute approximate surface area is 561 Å². The van der Waals surface area contributed by atoms with Crippen LogP contribution in [0.25, 0.3) is 105 Å². The van der Waals surface area contributed by atoms with E-state index in [9.17, 15) is 4.79 Å². The first kappa shape index (κ1) is 61.1. The fourth-order valence-electron chi connectivity index (χ4n) is 15.3. The van der Waals surface area contributed by atoms with Gasteiger partial charge in [0.05, 0.1) is 35.7 Å². The maximum Gasteiger partial charge on any atom is 0.194 e. The topological polar surface area (TPSA) is 159 Å². The van der Waals surface area contributed by atoms with Crippen molar-refractivity contribution < 1.29 is 9.47 Å². The second-order valence-corrected chi connectivity index (χ2v) is 29.4. The third-order valence-electron chi connectivity index (χ3n) is 20.8. The van der Waals surface area contributed by atoms with E-state index in [1.165, 1.54) is 101 Å². The number of aryl methyl sites for hydroxylation is 4. The van der Waals surface area contributed by atoms with Crippen LogP contribution in [-0.2, 0) is 38.9 Å². The zero-order valence-corrected chi connectivity index (χ0v) is 57.3. The molecule has 0 fully saturated rings. The number of aromatic nitrogens is 6. The first-order chi connectivity index (χ1) is 46.4. The van der Waals surface area contributed by atoms with Gasteiger partial charge in [-0.3, -0.25) is 19.8 Å². The molecule has 11 aromatic rings. The van der Waals surface area contributed by atoms with E-state index in [4.69, 9.17) is 14.5 Å². The van der Waals surface area contributed by atoms with E-state index in [0.29, 0.717) is 48.7 Å². The van der Waals surface area contributed by atoms with Crippen LogP contribution in [0.1, 0.15) is 188 Å². The molecule has 0 radical (unpaired) electrons. The van der Waals surface area contributed by atoms with Gasteiger partial charge in [-0.25, -0.2) is 15.0 Å². The number of nitrogens with one attached hydrogen (secondary N) is 3. The number of imidazole rings is 3. The Morgan fingerprint density at radius 1 is 0.365 bits per heavy atom. The number of aromatic amines is 3. The molecule has 7 aliphatic rings. The van der Waals surface area contributed by atoms with Crippen molar-refractivity contribution in [1.82, 2.24) is 29.9 Å². The predicted octanol–water partition coefficient (Wildman–Crippen LogP) is 20.1. The quantitative estimate of drug-likeness (QED) is 0.103. The zero-order valence-electron chi connectivity index (χ0n) is 57.3. The van der Waals surface area contributed by atoms with Gasteiger partial charge in [0.2, 0.25) is 0 Å². The summed E-state index contributed by atoms with van der Waals surface area (Å²) in [6, 6.07) is 31.2. The molecule has 8 heterocycles. The van der Waals surface area contributed by atoms with Gasteiger partial charge >= 0.3 is 0 Å². The van der Waals surface area contributed by atoms with Gasteiger partial charge in [0.15, 0.2) is 5.43 Å². The molecule has 96 heavy (non-hydrogen) atoms. The highest BCUT2D eigenvalue weighted by Crippen LogP contribution is 2.52. The van der Waals surface area contributed by atoms with Crippen LogP contribution >= 0.6 is 0 Å². The Morgan fingerprint density at radius 3 is 1.07 bits per heavy atom. The smallest absolute Gasteiger partial charge is 0.194 e. The largest absolute Gasteiger partial charge is 0.488 e. The minimum Gasteiger partial charge on any atom is -0.488 e. The minimum absolute atomic E-state index is 0.108. The van der Waals surface area contributed by atoms with Crippen molar-refractivity contribution in [3.05, 3.63) is 200 Å². The van der Waals surface area contributed by atoms with Crippen molar-refractivity contribution in [3.8, 4) is 67.5 Å². The summed E-state index contributed by atoms with van der Waals surface area (Å²) < 4.78 is 12.6. The second kappa shape index (κ2) is 23.8.